The normalized spacial score (nSPS) is 11.8. The van der Waals surface area contributed by atoms with E-state index >= 15 is 0 Å². The van der Waals surface area contributed by atoms with Crippen molar-refractivity contribution >= 4 is 28.5 Å². The van der Waals surface area contributed by atoms with E-state index in [9.17, 15) is 14.4 Å². The lowest BCUT2D eigenvalue weighted by Gasteiger charge is -2.18. The summed E-state index contributed by atoms with van der Waals surface area (Å²) in [5.41, 5.74) is 1.52. The second-order valence-electron chi connectivity index (χ2n) is 8.00. The van der Waals surface area contributed by atoms with Gasteiger partial charge < -0.3 is 19.3 Å². The molecule has 4 rings (SSSR count). The minimum atomic E-state index is -0.923. The Kier molecular flexibility index (Phi) is 7.14. The molecule has 2 aromatic heterocycles. The van der Waals surface area contributed by atoms with E-state index in [1.165, 1.54) is 0 Å². The topological polar surface area (TPSA) is 126 Å². The zero-order valence-corrected chi connectivity index (χ0v) is 20.4. The van der Waals surface area contributed by atoms with Crippen molar-refractivity contribution in [3.05, 3.63) is 70.2 Å². The van der Waals surface area contributed by atoms with Crippen molar-refractivity contribution in [3.63, 3.8) is 0 Å². The molecule has 186 valence electrons. The fraction of sp³-hybridized carbons (Fsp3) is 0.269. The van der Waals surface area contributed by atoms with Crippen LogP contribution < -0.4 is 15.6 Å². The number of carbonyl (C=O) groups excluding carboxylic acids is 2. The van der Waals surface area contributed by atoms with E-state index in [4.69, 9.17) is 14.0 Å². The Morgan fingerprint density at radius 1 is 1.14 bits per heavy atom. The Morgan fingerprint density at radius 2 is 1.89 bits per heavy atom. The Bertz CT molecular complexity index is 1470. The van der Waals surface area contributed by atoms with Crippen molar-refractivity contribution in [1.82, 2.24) is 14.9 Å². The summed E-state index contributed by atoms with van der Waals surface area (Å²) >= 11 is 0. The van der Waals surface area contributed by atoms with Gasteiger partial charge in [-0.3, -0.25) is 9.59 Å². The number of hydrogen-bond acceptors (Lipinski definition) is 8. The maximum Gasteiger partial charge on any atom is 0.338 e. The lowest BCUT2D eigenvalue weighted by Crippen LogP contribution is -2.35. The monoisotopic (exact) mass is 490 g/mol. The summed E-state index contributed by atoms with van der Waals surface area (Å²) in [6, 6.07) is 12.6. The van der Waals surface area contributed by atoms with Crippen LogP contribution in [0.15, 0.2) is 57.8 Å². The smallest absolute Gasteiger partial charge is 0.338 e. The molecular formula is C26H26N4O6. The van der Waals surface area contributed by atoms with Crippen molar-refractivity contribution < 1.29 is 23.6 Å². The highest BCUT2D eigenvalue weighted by molar-refractivity contribution is 5.96. The first-order valence-corrected chi connectivity index (χ1v) is 11.5. The highest BCUT2D eigenvalue weighted by Gasteiger charge is 2.26. The lowest BCUT2D eigenvalue weighted by atomic mass is 10.1. The molecule has 0 radical (unpaired) electrons. The molecule has 10 nitrogen and oxygen atoms in total. The highest BCUT2D eigenvalue weighted by atomic mass is 16.5. The molecule has 2 heterocycles. The van der Waals surface area contributed by atoms with Gasteiger partial charge in [-0.1, -0.05) is 24.2 Å². The Labute approximate surface area is 206 Å². The van der Waals surface area contributed by atoms with Crippen LogP contribution >= 0.6 is 0 Å². The zero-order valence-electron chi connectivity index (χ0n) is 20.4. The van der Waals surface area contributed by atoms with E-state index in [1.54, 1.807) is 64.3 Å². The summed E-state index contributed by atoms with van der Waals surface area (Å²) in [6.45, 7) is 5.48. The molecule has 1 atom stereocenters. The summed E-state index contributed by atoms with van der Waals surface area (Å²) in [5, 5.41) is 11.8. The number of carbonyl (C=O) groups is 2. The molecule has 0 spiro atoms. The minimum Gasteiger partial charge on any atom is -0.497 e. The Morgan fingerprint density at radius 3 is 2.56 bits per heavy atom. The van der Waals surface area contributed by atoms with E-state index in [1.807, 2.05) is 12.1 Å². The summed E-state index contributed by atoms with van der Waals surface area (Å²) in [5.74, 6) is 0.176. The molecule has 0 saturated carbocycles. The van der Waals surface area contributed by atoms with Gasteiger partial charge in [0.1, 0.15) is 23.2 Å². The molecule has 0 fully saturated rings. The molecule has 0 saturated heterocycles. The summed E-state index contributed by atoms with van der Waals surface area (Å²) in [7, 11) is 1.56. The fourth-order valence-electron chi connectivity index (χ4n) is 3.89. The van der Waals surface area contributed by atoms with Gasteiger partial charge >= 0.3 is 5.97 Å². The molecule has 36 heavy (non-hydrogen) atoms. The molecule has 1 amide bonds. The summed E-state index contributed by atoms with van der Waals surface area (Å²) < 4.78 is 16.8. The standard InChI is InChI=1S/C26H26N4O6/c1-5-20(24(31)27-18-12-10-16(11-13-18)26(33)35-6-2)30-25(32)23-21(15(3)36-29-23)22(28-30)17-8-7-9-19(14-17)34-4/h7-14,20H,5-6H2,1-4H3,(H,27,31)/t20-/m1/s1. The number of anilines is 1. The molecule has 4 aromatic rings. The molecule has 0 aliphatic carbocycles. The third-order valence-corrected chi connectivity index (χ3v) is 5.71. The first-order valence-electron chi connectivity index (χ1n) is 11.5. The molecule has 0 unspecified atom stereocenters. The van der Waals surface area contributed by atoms with Gasteiger partial charge in [-0.2, -0.15) is 5.10 Å². The second kappa shape index (κ2) is 10.4. The number of nitrogens with zero attached hydrogens (tertiary/aromatic N) is 3. The van der Waals surface area contributed by atoms with Gasteiger partial charge in [0.15, 0.2) is 5.52 Å². The number of benzene rings is 2. The molecule has 0 bridgehead atoms. The highest BCUT2D eigenvalue weighted by Crippen LogP contribution is 2.30. The first-order chi connectivity index (χ1) is 17.4. The van der Waals surface area contributed by atoms with Crippen LogP contribution in [0.3, 0.4) is 0 Å². The minimum absolute atomic E-state index is 0.0883. The van der Waals surface area contributed by atoms with Crippen LogP contribution in [0, 0.1) is 6.92 Å². The van der Waals surface area contributed by atoms with Crippen molar-refractivity contribution in [2.75, 3.05) is 19.0 Å². The van der Waals surface area contributed by atoms with Gasteiger partial charge in [0.25, 0.3) is 5.56 Å². The fourth-order valence-corrected chi connectivity index (χ4v) is 3.89. The lowest BCUT2D eigenvalue weighted by molar-refractivity contribution is -0.119. The van der Waals surface area contributed by atoms with Gasteiger partial charge in [0.05, 0.1) is 24.7 Å². The van der Waals surface area contributed by atoms with Crippen LogP contribution in [0.2, 0.25) is 0 Å². The molecule has 0 aliphatic heterocycles. The number of aryl methyl sites for hydroxylation is 1. The zero-order chi connectivity index (χ0) is 25.8. The summed E-state index contributed by atoms with van der Waals surface area (Å²) in [4.78, 5) is 38.4. The number of fused-ring (bicyclic) bond motifs is 1. The van der Waals surface area contributed by atoms with E-state index in [0.717, 1.165) is 4.68 Å². The van der Waals surface area contributed by atoms with Gasteiger partial charge in [0, 0.05) is 11.3 Å². The van der Waals surface area contributed by atoms with Crippen molar-refractivity contribution in [1.29, 1.82) is 0 Å². The largest absolute Gasteiger partial charge is 0.497 e. The van der Waals surface area contributed by atoms with Crippen LogP contribution in [0.1, 0.15) is 42.4 Å². The number of rotatable bonds is 8. The van der Waals surface area contributed by atoms with Crippen molar-refractivity contribution in [2.45, 2.75) is 33.2 Å². The third-order valence-electron chi connectivity index (χ3n) is 5.71. The van der Waals surface area contributed by atoms with Crippen LogP contribution in [0.25, 0.3) is 22.2 Å². The first kappa shape index (κ1) is 24.6. The average molecular weight is 491 g/mol. The molecule has 0 aliphatic rings. The summed E-state index contributed by atoms with van der Waals surface area (Å²) in [6.07, 6.45) is 0.291. The van der Waals surface area contributed by atoms with Crippen molar-refractivity contribution in [2.24, 2.45) is 0 Å². The van der Waals surface area contributed by atoms with E-state index < -0.39 is 23.5 Å². The SMILES string of the molecule is CCOC(=O)c1ccc(NC(=O)[C@@H](CC)n2nc(-c3cccc(OC)c3)c3c(C)onc3c2=O)cc1. The van der Waals surface area contributed by atoms with Crippen LogP contribution in [-0.4, -0.2) is 40.5 Å². The molecule has 10 heteroatoms. The third kappa shape index (κ3) is 4.70. The number of esters is 1. The number of ether oxygens (including phenoxy) is 2. The number of hydrogen-bond donors (Lipinski definition) is 1. The number of nitrogens with one attached hydrogen (secondary N) is 1. The van der Waals surface area contributed by atoms with Crippen molar-refractivity contribution in [3.8, 4) is 17.0 Å². The number of amides is 1. The van der Waals surface area contributed by atoms with E-state index in [2.05, 4.69) is 15.6 Å². The quantitative estimate of drug-likeness (QED) is 0.365. The number of methoxy groups -OCH3 is 1. The second-order valence-corrected chi connectivity index (χ2v) is 8.00. The van der Waals surface area contributed by atoms with Crippen LogP contribution in [-0.2, 0) is 9.53 Å². The van der Waals surface area contributed by atoms with Crippen LogP contribution in [0.4, 0.5) is 5.69 Å². The maximum absolute atomic E-state index is 13.3. The van der Waals surface area contributed by atoms with E-state index in [-0.39, 0.29) is 12.1 Å². The van der Waals surface area contributed by atoms with Gasteiger partial charge in [0.2, 0.25) is 5.91 Å². The molecule has 2 aromatic carbocycles. The Balaban J connectivity index is 1.72. The van der Waals surface area contributed by atoms with Gasteiger partial charge in [-0.25, -0.2) is 9.48 Å². The predicted octanol–water partition coefficient (Wildman–Crippen LogP) is 4.14. The number of aromatic nitrogens is 3. The molecule has 1 N–H and O–H groups in total. The maximum atomic E-state index is 13.3. The van der Waals surface area contributed by atoms with E-state index in [0.29, 0.717) is 45.8 Å². The van der Waals surface area contributed by atoms with Crippen LogP contribution in [0.5, 0.6) is 5.75 Å². The van der Waals surface area contributed by atoms with Gasteiger partial charge in [-0.05, 0) is 56.7 Å². The van der Waals surface area contributed by atoms with Gasteiger partial charge in [-0.15, -0.1) is 0 Å². The average Bonchev–Trinajstić information content (AvgIpc) is 3.28. The molecular weight excluding hydrogens is 464 g/mol. The predicted molar refractivity (Wildman–Crippen MR) is 133 cm³/mol. The Hall–Kier alpha value is -4.47.